The summed E-state index contributed by atoms with van der Waals surface area (Å²) < 4.78 is 10.6. The van der Waals surface area contributed by atoms with Crippen molar-refractivity contribution in [2.75, 3.05) is 19.8 Å². The van der Waals surface area contributed by atoms with E-state index in [1.807, 2.05) is 79.7 Å². The van der Waals surface area contributed by atoms with Gasteiger partial charge in [-0.15, -0.1) is 0 Å². The van der Waals surface area contributed by atoms with Gasteiger partial charge < -0.3 is 30.3 Å². The summed E-state index contributed by atoms with van der Waals surface area (Å²) in [7, 11) is 0. The van der Waals surface area contributed by atoms with Crippen LogP contribution in [0.5, 0.6) is 0 Å². The molecule has 4 N–H and O–H groups in total. The summed E-state index contributed by atoms with van der Waals surface area (Å²) in [6.45, 7) is 9.21. The third kappa shape index (κ3) is 19.0. The largest absolute Gasteiger partial charge is 0.481 e. The molecule has 0 fully saturated rings. The van der Waals surface area contributed by atoms with Crippen LogP contribution in [-0.2, 0) is 46.3 Å². The zero-order valence-corrected chi connectivity index (χ0v) is 34.7. The van der Waals surface area contributed by atoms with E-state index in [0.717, 1.165) is 34.2 Å². The van der Waals surface area contributed by atoms with Crippen molar-refractivity contribution in [2.45, 2.75) is 91.1 Å². The average molecular weight is 809 g/mol. The molecule has 4 aromatic rings. The maximum absolute atomic E-state index is 12.2. The van der Waals surface area contributed by atoms with Gasteiger partial charge in [0.15, 0.2) is 0 Å². The molecule has 316 valence electrons. The van der Waals surface area contributed by atoms with Crippen LogP contribution in [0.4, 0.5) is 0 Å². The summed E-state index contributed by atoms with van der Waals surface area (Å²) in [6, 6.07) is 36.3. The van der Waals surface area contributed by atoms with Gasteiger partial charge in [-0.05, 0) is 78.8 Å². The van der Waals surface area contributed by atoms with E-state index in [1.54, 1.807) is 13.8 Å². The topological polar surface area (TPSA) is 168 Å². The van der Waals surface area contributed by atoms with E-state index in [2.05, 4.69) is 54.0 Å². The molecule has 0 aliphatic rings. The molecule has 11 nitrogen and oxygen atoms in total. The molecule has 0 aliphatic carbocycles. The lowest BCUT2D eigenvalue weighted by Gasteiger charge is -2.22. The first-order chi connectivity index (χ1) is 28.4. The van der Waals surface area contributed by atoms with Crippen LogP contribution >= 0.6 is 0 Å². The number of carboxylic acids is 2. The van der Waals surface area contributed by atoms with E-state index < -0.39 is 11.9 Å². The summed E-state index contributed by atoms with van der Waals surface area (Å²) in [6.07, 6.45) is 1.96. The van der Waals surface area contributed by atoms with Gasteiger partial charge in [-0.2, -0.15) is 0 Å². The fraction of sp³-hybridized carbons (Fsp3) is 0.396. The fourth-order valence-corrected chi connectivity index (χ4v) is 6.60. The van der Waals surface area contributed by atoms with Crippen LogP contribution < -0.4 is 10.6 Å². The molecule has 4 rings (SSSR count). The van der Waals surface area contributed by atoms with Gasteiger partial charge >= 0.3 is 17.9 Å². The third-order valence-electron chi connectivity index (χ3n) is 9.57. The van der Waals surface area contributed by atoms with E-state index in [9.17, 15) is 24.0 Å². The Balaban J connectivity index is 0.000000316. The number of ether oxygens (including phenoxy) is 2. The second-order valence-electron chi connectivity index (χ2n) is 14.7. The summed E-state index contributed by atoms with van der Waals surface area (Å²) in [5.74, 6) is -2.92. The van der Waals surface area contributed by atoms with Crippen molar-refractivity contribution in [3.63, 3.8) is 0 Å². The molecule has 0 radical (unpaired) electrons. The molecule has 11 heteroatoms. The van der Waals surface area contributed by atoms with Crippen LogP contribution in [0.1, 0.15) is 77.3 Å². The van der Waals surface area contributed by atoms with E-state index in [1.165, 1.54) is 5.56 Å². The Labute approximate surface area is 348 Å². The van der Waals surface area contributed by atoms with Crippen molar-refractivity contribution in [2.24, 2.45) is 11.8 Å². The van der Waals surface area contributed by atoms with Crippen molar-refractivity contribution < 1.29 is 43.7 Å². The number of carbonyl (C=O) groups excluding carboxylic acids is 3. The van der Waals surface area contributed by atoms with E-state index in [4.69, 9.17) is 19.7 Å². The van der Waals surface area contributed by atoms with Crippen LogP contribution in [0.25, 0.3) is 22.3 Å². The van der Waals surface area contributed by atoms with Crippen LogP contribution in [0, 0.1) is 11.8 Å². The maximum atomic E-state index is 12.2. The van der Waals surface area contributed by atoms with Crippen molar-refractivity contribution in [1.29, 1.82) is 0 Å². The summed E-state index contributed by atoms with van der Waals surface area (Å²) in [5.41, 5.74) is 6.70. The minimum Gasteiger partial charge on any atom is -0.481 e. The molecule has 59 heavy (non-hydrogen) atoms. The van der Waals surface area contributed by atoms with Gasteiger partial charge in [-0.3, -0.25) is 24.0 Å². The lowest BCUT2D eigenvalue weighted by molar-refractivity contribution is -0.148. The number of aliphatic carboxylic acids is 2. The summed E-state index contributed by atoms with van der Waals surface area (Å²) in [4.78, 5) is 57.8. The summed E-state index contributed by atoms with van der Waals surface area (Å²) >= 11 is 0. The Kier molecular flexibility index (Phi) is 21.2. The first-order valence-corrected chi connectivity index (χ1v) is 20.4. The molecule has 4 aromatic carbocycles. The molecule has 0 saturated heterocycles. The van der Waals surface area contributed by atoms with E-state index in [-0.39, 0.29) is 61.5 Å². The molecule has 0 heterocycles. The van der Waals surface area contributed by atoms with Crippen LogP contribution in [0.3, 0.4) is 0 Å². The van der Waals surface area contributed by atoms with Gasteiger partial charge in [0.05, 0.1) is 25.4 Å². The van der Waals surface area contributed by atoms with Crippen LogP contribution in [0.2, 0.25) is 0 Å². The second-order valence-corrected chi connectivity index (χ2v) is 14.7. The zero-order chi connectivity index (χ0) is 43.0. The van der Waals surface area contributed by atoms with E-state index >= 15 is 0 Å². The molecule has 0 saturated carbocycles. The standard InChI is InChI=1S/C24H29NO5.C24H31NO4/c1-3-30-24(29)17(2)15-21(25-22(26)13-14-23(27)28)16-18-9-11-20(12-10-18)19-7-5-4-6-8-19;1-3-29-17-18(2)15-22(25-23(26)13-14-24(27)28)16-19-9-11-21(12-10-19)20-7-5-4-6-8-20/h4-12,17,21H,3,13-16H2,1-2H3,(H,25,26)(H,27,28);4-12,18,22H,3,13-17H2,1-2H3,(H,25,26)(H,27,28)/t17-,21+;18-,22+/m11/s1. The average Bonchev–Trinajstić information content (AvgIpc) is 3.23. The highest BCUT2D eigenvalue weighted by atomic mass is 16.5. The number of amides is 2. The second kappa shape index (κ2) is 26.2. The Hall–Kier alpha value is -5.81. The monoisotopic (exact) mass is 808 g/mol. The van der Waals surface area contributed by atoms with Gasteiger partial charge in [-0.1, -0.05) is 123 Å². The first kappa shape index (κ1) is 47.6. The molecule has 2 amide bonds. The zero-order valence-electron chi connectivity index (χ0n) is 34.7. The number of nitrogens with one attached hydrogen (secondary N) is 2. The smallest absolute Gasteiger partial charge is 0.308 e. The predicted molar refractivity (Wildman–Crippen MR) is 229 cm³/mol. The van der Waals surface area contributed by atoms with Crippen LogP contribution in [0.15, 0.2) is 109 Å². The minimum atomic E-state index is -1.02. The van der Waals surface area contributed by atoms with Gasteiger partial charge in [0, 0.05) is 38.1 Å². The maximum Gasteiger partial charge on any atom is 0.308 e. The van der Waals surface area contributed by atoms with Gasteiger partial charge in [0.2, 0.25) is 11.8 Å². The number of esters is 1. The Morgan fingerprint density at radius 1 is 0.542 bits per heavy atom. The van der Waals surface area contributed by atoms with Crippen molar-refractivity contribution in [3.8, 4) is 22.3 Å². The molecular weight excluding hydrogens is 749 g/mol. The quantitative estimate of drug-likeness (QED) is 0.0541. The highest BCUT2D eigenvalue weighted by Crippen LogP contribution is 2.22. The molecular formula is C48H60N2O9. The van der Waals surface area contributed by atoms with Gasteiger partial charge in [0.1, 0.15) is 0 Å². The molecule has 0 aromatic heterocycles. The van der Waals surface area contributed by atoms with Crippen molar-refractivity contribution in [3.05, 3.63) is 120 Å². The molecule has 0 unspecified atom stereocenters. The fourth-order valence-electron chi connectivity index (χ4n) is 6.60. The van der Waals surface area contributed by atoms with Crippen LogP contribution in [-0.4, -0.2) is 71.8 Å². The molecule has 4 atom stereocenters. The molecule has 0 aliphatic heterocycles. The number of carboxylic acid groups (broad SMARTS) is 2. The molecule has 0 spiro atoms. The lowest BCUT2D eigenvalue weighted by atomic mass is 9.94. The summed E-state index contributed by atoms with van der Waals surface area (Å²) in [5, 5.41) is 23.5. The SMILES string of the molecule is CCOC(=O)[C@H](C)C[C@@H](Cc1ccc(-c2ccccc2)cc1)NC(=O)CCC(=O)O.CCOC[C@H](C)C[C@@H](Cc1ccc(-c2ccccc2)cc1)NC(=O)CCC(=O)O. The number of rotatable bonds is 23. The number of benzene rings is 4. The normalized spacial score (nSPS) is 12.7. The minimum absolute atomic E-state index is 0.00137. The predicted octanol–water partition coefficient (Wildman–Crippen LogP) is 8.14. The number of hydrogen-bond acceptors (Lipinski definition) is 7. The Morgan fingerprint density at radius 3 is 1.34 bits per heavy atom. The number of carbonyl (C=O) groups is 5. The van der Waals surface area contributed by atoms with E-state index in [0.29, 0.717) is 45.0 Å². The molecule has 0 bridgehead atoms. The Bertz CT molecular complexity index is 1870. The highest BCUT2D eigenvalue weighted by Gasteiger charge is 2.22. The van der Waals surface area contributed by atoms with Crippen molar-refractivity contribution in [1.82, 2.24) is 10.6 Å². The van der Waals surface area contributed by atoms with Gasteiger partial charge in [-0.25, -0.2) is 0 Å². The Morgan fingerprint density at radius 2 is 0.949 bits per heavy atom. The lowest BCUT2D eigenvalue weighted by Crippen LogP contribution is -2.39. The first-order valence-electron chi connectivity index (χ1n) is 20.4. The van der Waals surface area contributed by atoms with Crippen molar-refractivity contribution >= 4 is 29.7 Å². The third-order valence-corrected chi connectivity index (χ3v) is 9.57. The highest BCUT2D eigenvalue weighted by molar-refractivity contribution is 5.81. The van der Waals surface area contributed by atoms with Gasteiger partial charge in [0.25, 0.3) is 0 Å². The number of hydrogen-bond donors (Lipinski definition) is 4.